The molecule has 3 N–H and O–H groups in total. The van der Waals surface area contributed by atoms with E-state index < -0.39 is 0 Å². The fourth-order valence-corrected chi connectivity index (χ4v) is 3.65. The van der Waals surface area contributed by atoms with Gasteiger partial charge in [-0.3, -0.25) is 19.3 Å². The molecule has 164 valence electrons. The van der Waals surface area contributed by atoms with Crippen LogP contribution in [-0.4, -0.2) is 53.8 Å². The Balaban J connectivity index is 1.51. The van der Waals surface area contributed by atoms with Crippen LogP contribution in [-0.2, 0) is 9.59 Å². The number of anilines is 2. The molecule has 1 aromatic carbocycles. The van der Waals surface area contributed by atoms with Gasteiger partial charge in [-0.25, -0.2) is 4.98 Å². The van der Waals surface area contributed by atoms with Gasteiger partial charge in [0.05, 0.1) is 24.3 Å². The van der Waals surface area contributed by atoms with Gasteiger partial charge in [-0.2, -0.15) is 0 Å². The molecule has 0 spiro atoms. The van der Waals surface area contributed by atoms with Crippen LogP contribution in [0.3, 0.4) is 0 Å². The zero-order chi connectivity index (χ0) is 22.2. The Kier molecular flexibility index (Phi) is 7.72. The molecule has 1 saturated carbocycles. The van der Waals surface area contributed by atoms with E-state index in [1.807, 2.05) is 19.1 Å². The summed E-state index contributed by atoms with van der Waals surface area (Å²) in [4.78, 5) is 43.2. The number of aryl methyl sites for hydroxylation is 1. The van der Waals surface area contributed by atoms with Crippen LogP contribution in [0.2, 0.25) is 0 Å². The fourth-order valence-electron chi connectivity index (χ4n) is 3.65. The van der Waals surface area contributed by atoms with Crippen LogP contribution in [0, 0.1) is 6.92 Å². The minimum Gasteiger partial charge on any atom is -0.349 e. The van der Waals surface area contributed by atoms with Crippen molar-refractivity contribution in [3.05, 3.63) is 53.7 Å². The molecule has 0 bridgehead atoms. The first-order valence-corrected chi connectivity index (χ1v) is 10.5. The van der Waals surface area contributed by atoms with Crippen LogP contribution in [0.4, 0.5) is 11.5 Å². The highest BCUT2D eigenvalue weighted by Gasteiger charge is 2.20. The van der Waals surface area contributed by atoms with Crippen LogP contribution in [0.15, 0.2) is 42.5 Å². The molecule has 1 fully saturated rings. The number of nitrogens with zero attached hydrogens (tertiary/aromatic N) is 2. The zero-order valence-corrected chi connectivity index (χ0v) is 18.0. The molecule has 31 heavy (non-hydrogen) atoms. The predicted molar refractivity (Wildman–Crippen MR) is 120 cm³/mol. The van der Waals surface area contributed by atoms with E-state index in [4.69, 9.17) is 0 Å². The summed E-state index contributed by atoms with van der Waals surface area (Å²) in [6, 6.07) is 12.5. The van der Waals surface area contributed by atoms with Gasteiger partial charge in [0.25, 0.3) is 5.91 Å². The van der Waals surface area contributed by atoms with E-state index in [0.29, 0.717) is 17.1 Å². The van der Waals surface area contributed by atoms with Gasteiger partial charge >= 0.3 is 0 Å². The van der Waals surface area contributed by atoms with Gasteiger partial charge in [0, 0.05) is 11.7 Å². The van der Waals surface area contributed by atoms with Crippen molar-refractivity contribution in [2.24, 2.45) is 0 Å². The maximum absolute atomic E-state index is 12.6. The van der Waals surface area contributed by atoms with E-state index in [1.165, 1.54) is 0 Å². The van der Waals surface area contributed by atoms with Gasteiger partial charge in [0.2, 0.25) is 11.8 Å². The Morgan fingerprint density at radius 1 is 0.968 bits per heavy atom. The molecule has 8 heteroatoms. The van der Waals surface area contributed by atoms with Gasteiger partial charge in [0.1, 0.15) is 5.82 Å². The highest BCUT2D eigenvalue weighted by Crippen LogP contribution is 2.20. The van der Waals surface area contributed by atoms with Crippen LogP contribution >= 0.6 is 0 Å². The van der Waals surface area contributed by atoms with Gasteiger partial charge < -0.3 is 16.0 Å². The van der Waals surface area contributed by atoms with E-state index in [1.54, 1.807) is 42.3 Å². The van der Waals surface area contributed by atoms with Crippen molar-refractivity contribution in [3.63, 3.8) is 0 Å². The van der Waals surface area contributed by atoms with Crippen molar-refractivity contribution in [1.82, 2.24) is 15.2 Å². The standard InChI is InChI=1S/C23H29N5O3/c1-16-8-7-13-20(24-16)27-22(30)15-28(2)14-21(29)26-19-12-6-5-11-18(19)23(31)25-17-9-3-4-10-17/h5-8,11-13,17H,3-4,9-10,14-15H2,1-2H3,(H,25,31)(H,26,29)(H,24,27,30). The second-order valence-electron chi connectivity index (χ2n) is 7.93. The Labute approximate surface area is 182 Å². The minimum atomic E-state index is -0.301. The maximum atomic E-state index is 12.6. The second kappa shape index (κ2) is 10.7. The fraction of sp³-hybridized carbons (Fsp3) is 0.391. The smallest absolute Gasteiger partial charge is 0.253 e. The number of para-hydroxylation sites is 1. The average molecular weight is 424 g/mol. The van der Waals surface area contributed by atoms with Crippen molar-refractivity contribution < 1.29 is 14.4 Å². The van der Waals surface area contributed by atoms with E-state index in [0.717, 1.165) is 31.4 Å². The lowest BCUT2D eigenvalue weighted by Crippen LogP contribution is -2.37. The Bertz CT molecular complexity index is 940. The van der Waals surface area contributed by atoms with Crippen LogP contribution in [0.1, 0.15) is 41.7 Å². The first kappa shape index (κ1) is 22.4. The highest BCUT2D eigenvalue weighted by atomic mass is 16.2. The molecule has 1 aliphatic rings. The normalized spacial score (nSPS) is 13.8. The van der Waals surface area contributed by atoms with Crippen LogP contribution in [0.25, 0.3) is 0 Å². The second-order valence-corrected chi connectivity index (χ2v) is 7.93. The lowest BCUT2D eigenvalue weighted by atomic mass is 10.1. The SMILES string of the molecule is Cc1cccc(NC(=O)CN(C)CC(=O)Nc2ccccc2C(=O)NC2CCCC2)n1. The Hall–Kier alpha value is -3.26. The number of hydrogen-bond acceptors (Lipinski definition) is 5. The predicted octanol–water partition coefficient (Wildman–Crippen LogP) is 2.57. The zero-order valence-electron chi connectivity index (χ0n) is 18.0. The molecule has 0 saturated heterocycles. The van der Waals surface area contributed by atoms with Gasteiger partial charge in [-0.05, 0) is 51.1 Å². The molecular formula is C23H29N5O3. The first-order chi connectivity index (χ1) is 14.9. The third kappa shape index (κ3) is 6.89. The van der Waals surface area contributed by atoms with Gasteiger partial charge in [-0.1, -0.05) is 31.0 Å². The summed E-state index contributed by atoms with van der Waals surface area (Å²) in [5, 5.41) is 8.55. The summed E-state index contributed by atoms with van der Waals surface area (Å²) >= 11 is 0. The van der Waals surface area contributed by atoms with Crippen molar-refractivity contribution in [2.45, 2.75) is 38.6 Å². The Morgan fingerprint density at radius 2 is 1.65 bits per heavy atom. The number of hydrogen-bond donors (Lipinski definition) is 3. The number of pyridine rings is 1. The van der Waals surface area contributed by atoms with Crippen molar-refractivity contribution in [2.75, 3.05) is 30.8 Å². The minimum absolute atomic E-state index is 0.00719. The molecule has 1 aromatic heterocycles. The maximum Gasteiger partial charge on any atom is 0.253 e. The van der Waals surface area contributed by atoms with Crippen molar-refractivity contribution in [1.29, 1.82) is 0 Å². The van der Waals surface area contributed by atoms with Crippen LogP contribution < -0.4 is 16.0 Å². The average Bonchev–Trinajstić information content (AvgIpc) is 3.21. The summed E-state index contributed by atoms with van der Waals surface area (Å²) in [6.45, 7) is 1.89. The number of amides is 3. The van der Waals surface area contributed by atoms with E-state index >= 15 is 0 Å². The molecule has 1 heterocycles. The molecule has 0 radical (unpaired) electrons. The molecule has 8 nitrogen and oxygen atoms in total. The van der Waals surface area contributed by atoms with Gasteiger partial charge in [-0.15, -0.1) is 0 Å². The van der Waals surface area contributed by atoms with Crippen LogP contribution in [0.5, 0.6) is 0 Å². The van der Waals surface area contributed by atoms with Gasteiger partial charge in [0.15, 0.2) is 0 Å². The summed E-state index contributed by atoms with van der Waals surface area (Å²) in [7, 11) is 1.68. The summed E-state index contributed by atoms with van der Waals surface area (Å²) in [5.74, 6) is -0.263. The van der Waals surface area contributed by atoms with E-state index in [2.05, 4.69) is 20.9 Å². The molecule has 1 aliphatic carbocycles. The molecular weight excluding hydrogens is 394 g/mol. The summed E-state index contributed by atoms with van der Waals surface area (Å²) < 4.78 is 0. The third-order valence-electron chi connectivity index (χ3n) is 5.12. The third-order valence-corrected chi connectivity index (χ3v) is 5.12. The lowest BCUT2D eigenvalue weighted by molar-refractivity contribution is -0.119. The topological polar surface area (TPSA) is 103 Å². The highest BCUT2D eigenvalue weighted by molar-refractivity contribution is 6.04. The molecule has 0 aliphatic heterocycles. The largest absolute Gasteiger partial charge is 0.349 e. The molecule has 2 aromatic rings. The summed E-state index contributed by atoms with van der Waals surface area (Å²) in [6.07, 6.45) is 4.24. The molecule has 0 atom stereocenters. The number of carbonyl (C=O) groups is 3. The van der Waals surface area contributed by atoms with Crippen molar-refractivity contribution in [3.8, 4) is 0 Å². The quantitative estimate of drug-likeness (QED) is 0.606. The molecule has 3 rings (SSSR count). The monoisotopic (exact) mass is 423 g/mol. The lowest BCUT2D eigenvalue weighted by Gasteiger charge is -2.18. The molecule has 3 amide bonds. The summed E-state index contributed by atoms with van der Waals surface area (Å²) in [5.41, 5.74) is 1.71. The number of rotatable bonds is 8. The number of benzene rings is 1. The number of likely N-dealkylation sites (N-methyl/N-ethyl adjacent to an activating group) is 1. The first-order valence-electron chi connectivity index (χ1n) is 10.5. The van der Waals surface area contributed by atoms with E-state index in [9.17, 15) is 14.4 Å². The Morgan fingerprint density at radius 3 is 2.35 bits per heavy atom. The number of nitrogens with one attached hydrogen (secondary N) is 3. The van der Waals surface area contributed by atoms with Crippen molar-refractivity contribution >= 4 is 29.2 Å². The van der Waals surface area contributed by atoms with E-state index in [-0.39, 0.29) is 36.9 Å². The molecule has 0 unspecified atom stereocenters. The number of carbonyl (C=O) groups excluding carboxylic acids is 3. The number of aromatic nitrogens is 1.